The van der Waals surface area contributed by atoms with Crippen LogP contribution in [0.1, 0.15) is 41.1 Å². The van der Waals surface area contributed by atoms with Crippen molar-refractivity contribution in [3.05, 3.63) is 76.9 Å². The Kier molecular flexibility index (Phi) is 7.14. The van der Waals surface area contributed by atoms with E-state index < -0.39 is 28.6 Å². The smallest absolute Gasteiger partial charge is 0.341 e. The molecule has 3 aromatic rings. The zero-order valence-electron chi connectivity index (χ0n) is 20.0. The maximum atomic E-state index is 13.4. The number of hydrogen-bond acceptors (Lipinski definition) is 5. The molecule has 0 saturated heterocycles. The second-order valence-corrected chi connectivity index (χ2v) is 10.5. The third-order valence-electron chi connectivity index (χ3n) is 6.25. The van der Waals surface area contributed by atoms with E-state index in [0.29, 0.717) is 18.6 Å². The van der Waals surface area contributed by atoms with Gasteiger partial charge in [0.05, 0.1) is 12.0 Å². The second kappa shape index (κ2) is 10.1. The van der Waals surface area contributed by atoms with Gasteiger partial charge in [0.2, 0.25) is 10.0 Å². The molecule has 0 radical (unpaired) electrons. The fraction of sp³-hybridized carbons (Fsp3) is 0.296. The minimum atomic E-state index is -3.81. The van der Waals surface area contributed by atoms with Crippen molar-refractivity contribution in [1.29, 1.82) is 0 Å². The Balaban J connectivity index is 1.62. The summed E-state index contributed by atoms with van der Waals surface area (Å²) in [6, 6.07) is 15.8. The van der Waals surface area contributed by atoms with Gasteiger partial charge in [-0.15, -0.1) is 0 Å². The van der Waals surface area contributed by atoms with Crippen molar-refractivity contribution in [3.63, 3.8) is 0 Å². The van der Waals surface area contributed by atoms with E-state index in [4.69, 9.17) is 14.6 Å². The molecule has 1 atom stereocenters. The summed E-state index contributed by atoms with van der Waals surface area (Å²) in [5.74, 6) is 0.251. The molecular weight excluding hydrogens is 466 g/mol. The van der Waals surface area contributed by atoms with Crippen LogP contribution >= 0.6 is 0 Å². The second-order valence-electron chi connectivity index (χ2n) is 8.74. The molecule has 7 nitrogen and oxygen atoms in total. The van der Waals surface area contributed by atoms with Crippen LogP contribution in [-0.2, 0) is 21.2 Å². The van der Waals surface area contributed by atoms with Crippen LogP contribution in [0.2, 0.25) is 0 Å². The molecule has 0 amide bonds. The highest BCUT2D eigenvalue weighted by atomic mass is 32.2. The topological polar surface area (TPSA) is 102 Å². The van der Waals surface area contributed by atoms with E-state index in [1.807, 2.05) is 38.1 Å². The molecule has 1 aliphatic carbocycles. The summed E-state index contributed by atoms with van der Waals surface area (Å²) in [4.78, 5) is 11.1. The fourth-order valence-electron chi connectivity index (χ4n) is 4.75. The van der Waals surface area contributed by atoms with Gasteiger partial charge in [0.15, 0.2) is 6.61 Å². The largest absolute Gasteiger partial charge is 0.496 e. The molecule has 0 fully saturated rings. The van der Waals surface area contributed by atoms with E-state index >= 15 is 0 Å². The number of fused-ring (bicyclic) bond motifs is 1. The molecular formula is C27H29NO6S. The van der Waals surface area contributed by atoms with Crippen molar-refractivity contribution in [1.82, 2.24) is 4.72 Å². The maximum Gasteiger partial charge on any atom is 0.341 e. The zero-order chi connectivity index (χ0) is 25.2. The summed E-state index contributed by atoms with van der Waals surface area (Å²) in [7, 11) is -2.18. The number of benzene rings is 3. The van der Waals surface area contributed by atoms with E-state index in [1.54, 1.807) is 37.4 Å². The molecule has 0 heterocycles. The Morgan fingerprint density at radius 1 is 1.06 bits per heavy atom. The Morgan fingerprint density at radius 3 is 2.46 bits per heavy atom. The molecule has 184 valence electrons. The van der Waals surface area contributed by atoms with Gasteiger partial charge >= 0.3 is 5.97 Å². The lowest BCUT2D eigenvalue weighted by molar-refractivity contribution is -0.139. The summed E-state index contributed by atoms with van der Waals surface area (Å²) in [5.41, 5.74) is 5.35. The van der Waals surface area contributed by atoms with E-state index in [0.717, 1.165) is 45.6 Å². The predicted octanol–water partition coefficient (Wildman–Crippen LogP) is 4.80. The van der Waals surface area contributed by atoms with Gasteiger partial charge in [-0.25, -0.2) is 17.9 Å². The average molecular weight is 496 g/mol. The van der Waals surface area contributed by atoms with Crippen LogP contribution < -0.4 is 14.2 Å². The number of rotatable bonds is 8. The van der Waals surface area contributed by atoms with E-state index in [2.05, 4.69) is 4.72 Å². The molecule has 4 rings (SSSR count). The number of carboxylic acid groups (broad SMARTS) is 1. The quantitative estimate of drug-likeness (QED) is 0.466. The van der Waals surface area contributed by atoms with Crippen molar-refractivity contribution in [2.75, 3.05) is 13.7 Å². The third kappa shape index (κ3) is 5.33. The lowest BCUT2D eigenvalue weighted by Crippen LogP contribution is -2.31. The van der Waals surface area contributed by atoms with Gasteiger partial charge in [-0.1, -0.05) is 24.3 Å². The Morgan fingerprint density at radius 2 is 1.77 bits per heavy atom. The summed E-state index contributed by atoms with van der Waals surface area (Å²) in [6.07, 6.45) is 2.11. The van der Waals surface area contributed by atoms with Crippen molar-refractivity contribution in [3.8, 4) is 22.6 Å². The van der Waals surface area contributed by atoms with Crippen molar-refractivity contribution in [2.24, 2.45) is 0 Å². The van der Waals surface area contributed by atoms with E-state index in [1.165, 1.54) is 0 Å². The highest BCUT2D eigenvalue weighted by Crippen LogP contribution is 2.37. The van der Waals surface area contributed by atoms with Crippen LogP contribution in [-0.4, -0.2) is 33.2 Å². The van der Waals surface area contributed by atoms with Crippen LogP contribution in [0.3, 0.4) is 0 Å². The number of carbonyl (C=O) groups is 1. The number of hydrogen-bond donors (Lipinski definition) is 2. The zero-order valence-corrected chi connectivity index (χ0v) is 20.8. The molecule has 0 aliphatic heterocycles. The Hall–Kier alpha value is -3.36. The molecule has 1 aliphatic rings. The number of methoxy groups -OCH3 is 1. The number of aliphatic carboxylic acids is 1. The van der Waals surface area contributed by atoms with Gasteiger partial charge < -0.3 is 14.6 Å². The highest BCUT2D eigenvalue weighted by molar-refractivity contribution is 7.89. The fourth-order valence-corrected chi connectivity index (χ4v) is 6.04. The van der Waals surface area contributed by atoms with Crippen LogP contribution in [0.4, 0.5) is 0 Å². The summed E-state index contributed by atoms with van der Waals surface area (Å²) in [6.45, 7) is 3.49. The number of aryl methyl sites for hydroxylation is 2. The molecule has 0 bridgehead atoms. The van der Waals surface area contributed by atoms with Gasteiger partial charge in [-0.05, 0) is 96.8 Å². The highest BCUT2D eigenvalue weighted by Gasteiger charge is 2.28. The first-order chi connectivity index (χ1) is 16.7. The first kappa shape index (κ1) is 24.8. The average Bonchev–Trinajstić information content (AvgIpc) is 2.82. The number of nitrogens with one attached hydrogen (secondary N) is 1. The minimum absolute atomic E-state index is 0.187. The lowest BCUT2D eigenvalue weighted by Gasteiger charge is -2.27. The van der Waals surface area contributed by atoms with E-state index in [9.17, 15) is 13.2 Å². The van der Waals surface area contributed by atoms with Gasteiger partial charge in [0.25, 0.3) is 0 Å². The Labute approximate surface area is 205 Å². The van der Waals surface area contributed by atoms with Crippen molar-refractivity contribution in [2.45, 2.75) is 44.0 Å². The van der Waals surface area contributed by atoms with Gasteiger partial charge in [-0.2, -0.15) is 0 Å². The minimum Gasteiger partial charge on any atom is -0.496 e. The van der Waals surface area contributed by atoms with Crippen LogP contribution in [0.5, 0.6) is 11.5 Å². The maximum absolute atomic E-state index is 13.4. The standard InChI is InChI=1S/C27H29NO6S/c1-17-13-20(14-18(2)27(17)33-3)19-7-4-8-21(15-19)35(31,32)28-24-11-5-10-23-22(24)9-6-12-25(23)34-16-26(29)30/h4,6-9,12-15,24,28H,5,10-11,16H2,1-3H3,(H,29,30). The summed E-state index contributed by atoms with van der Waals surface area (Å²) in [5, 5.41) is 8.95. The lowest BCUT2D eigenvalue weighted by atomic mass is 9.87. The number of ether oxygens (including phenoxy) is 2. The molecule has 8 heteroatoms. The van der Waals surface area contributed by atoms with Crippen molar-refractivity contribution >= 4 is 16.0 Å². The van der Waals surface area contributed by atoms with Crippen LogP contribution in [0.25, 0.3) is 11.1 Å². The van der Waals surface area contributed by atoms with Crippen molar-refractivity contribution < 1.29 is 27.8 Å². The molecule has 0 spiro atoms. The van der Waals surface area contributed by atoms with Gasteiger partial charge in [0, 0.05) is 6.04 Å². The number of sulfonamides is 1. The molecule has 3 aromatic carbocycles. The normalized spacial score (nSPS) is 15.3. The molecule has 35 heavy (non-hydrogen) atoms. The SMILES string of the molecule is COc1c(C)cc(-c2cccc(S(=O)(=O)NC3CCCc4c(OCC(=O)O)cccc43)c2)cc1C. The summed E-state index contributed by atoms with van der Waals surface area (Å²) >= 11 is 0. The Bertz CT molecular complexity index is 1340. The monoisotopic (exact) mass is 495 g/mol. The molecule has 0 aromatic heterocycles. The third-order valence-corrected chi connectivity index (χ3v) is 7.72. The van der Waals surface area contributed by atoms with Crippen LogP contribution in [0, 0.1) is 13.8 Å². The molecule has 1 unspecified atom stereocenters. The first-order valence-corrected chi connectivity index (χ1v) is 12.9. The molecule has 2 N–H and O–H groups in total. The number of carboxylic acids is 1. The predicted molar refractivity (Wildman–Crippen MR) is 133 cm³/mol. The molecule has 0 saturated carbocycles. The first-order valence-electron chi connectivity index (χ1n) is 11.4. The van der Waals surface area contributed by atoms with E-state index in [-0.39, 0.29) is 4.90 Å². The summed E-state index contributed by atoms with van der Waals surface area (Å²) < 4.78 is 40.5. The van der Waals surface area contributed by atoms with Crippen LogP contribution in [0.15, 0.2) is 59.5 Å². The van der Waals surface area contributed by atoms with Gasteiger partial charge in [-0.3, -0.25) is 0 Å². The van der Waals surface area contributed by atoms with Gasteiger partial charge in [0.1, 0.15) is 11.5 Å².